The number of nitrogens with two attached hydrogens (primary N) is 1. The number of amides is 1. The van der Waals surface area contributed by atoms with E-state index in [1.165, 1.54) is 0 Å². The molecular formula is C19H24N2O3. The van der Waals surface area contributed by atoms with Gasteiger partial charge < -0.3 is 20.5 Å². The number of benzene rings is 2. The third-order valence-electron chi connectivity index (χ3n) is 3.78. The minimum absolute atomic E-state index is 0.0480. The fraction of sp³-hybridized carbons (Fsp3) is 0.316. The molecule has 0 bridgehead atoms. The summed E-state index contributed by atoms with van der Waals surface area (Å²) in [5.74, 6) is 0.370. The smallest absolute Gasteiger partial charge is 0.222 e. The largest absolute Gasteiger partial charge is 0.503 e. The molecule has 2 aromatic rings. The second-order valence-corrected chi connectivity index (χ2v) is 5.70. The van der Waals surface area contributed by atoms with Crippen LogP contribution in [0, 0.1) is 0 Å². The zero-order valence-electron chi connectivity index (χ0n) is 14.2. The van der Waals surface area contributed by atoms with Crippen molar-refractivity contribution in [2.24, 2.45) is 0 Å². The normalized spacial score (nSPS) is 10.4. The Labute approximate surface area is 142 Å². The molecule has 5 nitrogen and oxygen atoms in total. The van der Waals surface area contributed by atoms with E-state index in [1.54, 1.807) is 24.1 Å². The fourth-order valence-corrected chi connectivity index (χ4v) is 2.49. The summed E-state index contributed by atoms with van der Waals surface area (Å²) in [4.78, 5) is 14.0. The lowest BCUT2D eigenvalue weighted by Crippen LogP contribution is -2.26. The van der Waals surface area contributed by atoms with Gasteiger partial charge in [-0.15, -0.1) is 0 Å². The van der Waals surface area contributed by atoms with Crippen LogP contribution in [0.1, 0.15) is 24.5 Å². The molecular weight excluding hydrogens is 304 g/mol. The maximum absolute atomic E-state index is 12.3. The molecule has 0 aliphatic heterocycles. The fourth-order valence-electron chi connectivity index (χ4n) is 2.49. The number of carbonyl (C=O) groups excluding carboxylic acids is 1. The number of phenolic OH excluding ortho intramolecular Hbond substituents is 1. The van der Waals surface area contributed by atoms with Gasteiger partial charge in [-0.05, 0) is 36.6 Å². The van der Waals surface area contributed by atoms with Crippen LogP contribution >= 0.6 is 0 Å². The van der Waals surface area contributed by atoms with E-state index in [-0.39, 0.29) is 17.3 Å². The molecule has 0 aromatic heterocycles. The molecule has 0 fully saturated rings. The van der Waals surface area contributed by atoms with Gasteiger partial charge in [-0.2, -0.15) is 0 Å². The molecule has 5 heteroatoms. The Balaban J connectivity index is 1.96. The number of ether oxygens (including phenoxy) is 1. The van der Waals surface area contributed by atoms with E-state index >= 15 is 0 Å². The van der Waals surface area contributed by atoms with Crippen LogP contribution in [0.2, 0.25) is 0 Å². The zero-order chi connectivity index (χ0) is 17.5. The lowest BCUT2D eigenvalue weighted by Gasteiger charge is -2.17. The van der Waals surface area contributed by atoms with Gasteiger partial charge in [0.15, 0.2) is 11.5 Å². The molecule has 0 aliphatic carbocycles. The van der Waals surface area contributed by atoms with Crippen LogP contribution in [0.25, 0.3) is 0 Å². The van der Waals surface area contributed by atoms with Crippen LogP contribution < -0.4 is 10.5 Å². The number of nitrogen functional groups attached to an aromatic ring is 1. The number of rotatable bonds is 7. The summed E-state index contributed by atoms with van der Waals surface area (Å²) in [7, 11) is 1.80. The summed E-state index contributed by atoms with van der Waals surface area (Å²) in [5, 5.41) is 9.86. The SMILES string of the molecule is CCOc1cc(CCC(=O)N(C)Cc2ccccc2)cc(N)c1O. The highest BCUT2D eigenvalue weighted by Gasteiger charge is 2.12. The second kappa shape index (κ2) is 8.24. The summed E-state index contributed by atoms with van der Waals surface area (Å²) >= 11 is 0. The van der Waals surface area contributed by atoms with E-state index in [2.05, 4.69) is 0 Å². The van der Waals surface area contributed by atoms with Gasteiger partial charge in [0.1, 0.15) is 0 Å². The molecule has 2 aromatic carbocycles. The van der Waals surface area contributed by atoms with E-state index in [9.17, 15) is 9.90 Å². The topological polar surface area (TPSA) is 75.8 Å². The van der Waals surface area contributed by atoms with Crippen molar-refractivity contribution in [3.63, 3.8) is 0 Å². The first-order valence-electron chi connectivity index (χ1n) is 8.03. The lowest BCUT2D eigenvalue weighted by molar-refractivity contribution is -0.130. The summed E-state index contributed by atoms with van der Waals surface area (Å²) in [6.07, 6.45) is 0.918. The van der Waals surface area contributed by atoms with Crippen molar-refractivity contribution in [2.75, 3.05) is 19.4 Å². The Morgan fingerprint density at radius 1 is 1.21 bits per heavy atom. The van der Waals surface area contributed by atoms with Gasteiger partial charge in [0.05, 0.1) is 12.3 Å². The molecule has 3 N–H and O–H groups in total. The highest BCUT2D eigenvalue weighted by atomic mass is 16.5. The van der Waals surface area contributed by atoms with Crippen LogP contribution in [0.3, 0.4) is 0 Å². The number of aromatic hydroxyl groups is 1. The first kappa shape index (κ1) is 17.7. The zero-order valence-corrected chi connectivity index (χ0v) is 14.2. The van der Waals surface area contributed by atoms with Crippen LogP contribution in [-0.4, -0.2) is 29.6 Å². The van der Waals surface area contributed by atoms with Crippen LogP contribution in [0.5, 0.6) is 11.5 Å². The molecule has 0 aliphatic rings. The number of phenols is 1. The highest BCUT2D eigenvalue weighted by molar-refractivity contribution is 5.76. The Morgan fingerprint density at radius 2 is 1.92 bits per heavy atom. The maximum atomic E-state index is 12.3. The monoisotopic (exact) mass is 328 g/mol. The highest BCUT2D eigenvalue weighted by Crippen LogP contribution is 2.34. The van der Waals surface area contributed by atoms with Gasteiger partial charge in [0, 0.05) is 20.0 Å². The van der Waals surface area contributed by atoms with Gasteiger partial charge in [0.2, 0.25) is 5.91 Å². The van der Waals surface area contributed by atoms with Crippen molar-refractivity contribution >= 4 is 11.6 Å². The number of nitrogens with zero attached hydrogens (tertiary/aromatic N) is 1. The predicted molar refractivity (Wildman–Crippen MR) is 94.9 cm³/mol. The molecule has 0 atom stereocenters. The van der Waals surface area contributed by atoms with Gasteiger partial charge in [-0.3, -0.25) is 4.79 Å². The summed E-state index contributed by atoms with van der Waals surface area (Å²) in [6.45, 7) is 2.86. The number of anilines is 1. The van der Waals surface area contributed by atoms with Crippen molar-refractivity contribution < 1.29 is 14.6 Å². The quantitative estimate of drug-likeness (QED) is 0.605. The van der Waals surface area contributed by atoms with Crippen LogP contribution in [0.4, 0.5) is 5.69 Å². The van der Waals surface area contributed by atoms with Gasteiger partial charge in [-0.25, -0.2) is 0 Å². The maximum Gasteiger partial charge on any atom is 0.222 e. The Hall–Kier alpha value is -2.69. The van der Waals surface area contributed by atoms with E-state index in [4.69, 9.17) is 10.5 Å². The molecule has 0 heterocycles. The Kier molecular flexibility index (Phi) is 6.07. The van der Waals surface area contributed by atoms with Crippen molar-refractivity contribution in [1.29, 1.82) is 0 Å². The minimum atomic E-state index is -0.0480. The number of hydrogen-bond donors (Lipinski definition) is 2. The third-order valence-corrected chi connectivity index (χ3v) is 3.78. The first-order chi connectivity index (χ1) is 11.5. The lowest BCUT2D eigenvalue weighted by atomic mass is 10.1. The van der Waals surface area contributed by atoms with E-state index < -0.39 is 0 Å². The van der Waals surface area contributed by atoms with E-state index in [0.29, 0.717) is 31.7 Å². The molecule has 0 unspecified atom stereocenters. The minimum Gasteiger partial charge on any atom is -0.503 e. The van der Waals surface area contributed by atoms with Gasteiger partial charge in [0.25, 0.3) is 0 Å². The van der Waals surface area contributed by atoms with Crippen molar-refractivity contribution in [2.45, 2.75) is 26.3 Å². The molecule has 128 valence electrons. The van der Waals surface area contributed by atoms with Crippen molar-refractivity contribution in [3.05, 3.63) is 53.6 Å². The van der Waals surface area contributed by atoms with E-state index in [1.807, 2.05) is 37.3 Å². The van der Waals surface area contributed by atoms with Crippen LogP contribution in [-0.2, 0) is 17.8 Å². The second-order valence-electron chi connectivity index (χ2n) is 5.70. The Morgan fingerprint density at radius 3 is 2.58 bits per heavy atom. The van der Waals surface area contributed by atoms with Crippen LogP contribution in [0.15, 0.2) is 42.5 Å². The summed E-state index contributed by atoms with van der Waals surface area (Å²) in [6, 6.07) is 13.3. The van der Waals surface area contributed by atoms with E-state index in [0.717, 1.165) is 11.1 Å². The Bertz CT molecular complexity index is 687. The van der Waals surface area contributed by atoms with Gasteiger partial charge >= 0.3 is 0 Å². The number of aryl methyl sites for hydroxylation is 1. The molecule has 2 rings (SSSR count). The number of hydrogen-bond acceptors (Lipinski definition) is 4. The standard InChI is InChI=1S/C19H24N2O3/c1-3-24-17-12-15(11-16(20)19(17)23)9-10-18(22)21(2)13-14-7-5-4-6-8-14/h4-8,11-12,23H,3,9-10,13,20H2,1-2H3. The average Bonchev–Trinajstić information content (AvgIpc) is 2.58. The molecule has 1 amide bonds. The predicted octanol–water partition coefficient (Wildman–Crippen LogP) is 2.96. The number of carbonyl (C=O) groups is 1. The molecule has 24 heavy (non-hydrogen) atoms. The molecule has 0 saturated heterocycles. The van der Waals surface area contributed by atoms with Crippen molar-refractivity contribution in [3.8, 4) is 11.5 Å². The third kappa shape index (κ3) is 4.65. The van der Waals surface area contributed by atoms with Gasteiger partial charge in [-0.1, -0.05) is 30.3 Å². The molecule has 0 saturated carbocycles. The summed E-state index contributed by atoms with van der Waals surface area (Å²) in [5.41, 5.74) is 8.03. The first-order valence-corrected chi connectivity index (χ1v) is 8.03. The summed E-state index contributed by atoms with van der Waals surface area (Å²) < 4.78 is 5.37. The molecule has 0 spiro atoms. The average molecular weight is 328 g/mol. The molecule has 0 radical (unpaired) electrons. The van der Waals surface area contributed by atoms with Crippen molar-refractivity contribution in [1.82, 2.24) is 4.90 Å².